The van der Waals surface area contributed by atoms with Gasteiger partial charge in [0, 0.05) is 26.1 Å². The standard InChI is InChI=1S/C14H10Br2N2O3/c1-8-2-3-9(6-13(8)18(20)21)14(19)17-12-5-4-10(15)7-11(12)16/h2-7H,1H3,(H,17,19). The topological polar surface area (TPSA) is 72.2 Å². The summed E-state index contributed by atoms with van der Waals surface area (Å²) >= 11 is 6.67. The molecule has 0 heterocycles. The molecule has 0 saturated carbocycles. The third-order valence-corrected chi connectivity index (χ3v) is 4.00. The number of hydrogen-bond acceptors (Lipinski definition) is 3. The third kappa shape index (κ3) is 3.68. The Labute approximate surface area is 137 Å². The molecule has 0 spiro atoms. The quantitative estimate of drug-likeness (QED) is 0.586. The van der Waals surface area contributed by atoms with Gasteiger partial charge in [-0.25, -0.2) is 0 Å². The second kappa shape index (κ2) is 6.36. The van der Waals surface area contributed by atoms with E-state index in [1.807, 2.05) is 0 Å². The van der Waals surface area contributed by atoms with Crippen molar-refractivity contribution in [2.75, 3.05) is 5.32 Å². The first-order valence-corrected chi connectivity index (χ1v) is 7.48. The van der Waals surface area contributed by atoms with Crippen molar-refractivity contribution >= 4 is 49.1 Å². The SMILES string of the molecule is Cc1ccc(C(=O)Nc2ccc(Br)cc2Br)cc1[N+](=O)[O-]. The third-order valence-electron chi connectivity index (χ3n) is 2.85. The lowest BCUT2D eigenvalue weighted by Crippen LogP contribution is -2.12. The van der Waals surface area contributed by atoms with Gasteiger partial charge in [0.1, 0.15) is 0 Å². The van der Waals surface area contributed by atoms with Crippen LogP contribution in [-0.4, -0.2) is 10.8 Å². The van der Waals surface area contributed by atoms with Gasteiger partial charge in [-0.3, -0.25) is 14.9 Å². The van der Waals surface area contributed by atoms with Crippen LogP contribution in [0.15, 0.2) is 45.3 Å². The fourth-order valence-corrected chi connectivity index (χ4v) is 2.88. The van der Waals surface area contributed by atoms with E-state index in [2.05, 4.69) is 37.2 Å². The molecule has 0 aliphatic rings. The smallest absolute Gasteiger partial charge is 0.273 e. The average molecular weight is 414 g/mol. The minimum Gasteiger partial charge on any atom is -0.321 e. The maximum absolute atomic E-state index is 12.2. The molecule has 2 aromatic carbocycles. The number of nitrogens with zero attached hydrogens (tertiary/aromatic N) is 1. The van der Waals surface area contributed by atoms with E-state index in [0.29, 0.717) is 15.7 Å². The van der Waals surface area contributed by atoms with Gasteiger partial charge in [0.2, 0.25) is 0 Å². The van der Waals surface area contributed by atoms with Crippen molar-refractivity contribution in [3.63, 3.8) is 0 Å². The Bertz CT molecular complexity index is 732. The second-order valence-corrected chi connectivity index (χ2v) is 6.11. The van der Waals surface area contributed by atoms with Gasteiger partial charge in [-0.2, -0.15) is 0 Å². The predicted molar refractivity (Wildman–Crippen MR) is 87.6 cm³/mol. The van der Waals surface area contributed by atoms with Crippen molar-refractivity contribution in [1.29, 1.82) is 0 Å². The van der Waals surface area contributed by atoms with Crippen molar-refractivity contribution in [1.82, 2.24) is 0 Å². The first-order valence-electron chi connectivity index (χ1n) is 5.90. The number of carbonyl (C=O) groups is 1. The van der Waals surface area contributed by atoms with Crippen LogP contribution in [0.1, 0.15) is 15.9 Å². The molecular formula is C14H10Br2N2O3. The van der Waals surface area contributed by atoms with Crippen LogP contribution in [0.2, 0.25) is 0 Å². The second-order valence-electron chi connectivity index (χ2n) is 4.34. The summed E-state index contributed by atoms with van der Waals surface area (Å²) in [5.41, 5.74) is 1.27. The molecule has 21 heavy (non-hydrogen) atoms. The molecule has 2 rings (SSSR count). The highest BCUT2D eigenvalue weighted by Gasteiger charge is 2.15. The van der Waals surface area contributed by atoms with Crippen molar-refractivity contribution in [2.24, 2.45) is 0 Å². The highest BCUT2D eigenvalue weighted by atomic mass is 79.9. The summed E-state index contributed by atoms with van der Waals surface area (Å²) in [5.74, 6) is -0.402. The summed E-state index contributed by atoms with van der Waals surface area (Å²) in [4.78, 5) is 22.6. The maximum atomic E-state index is 12.2. The van der Waals surface area contributed by atoms with E-state index < -0.39 is 10.8 Å². The zero-order valence-corrected chi connectivity index (χ0v) is 14.1. The number of benzene rings is 2. The van der Waals surface area contributed by atoms with Crippen molar-refractivity contribution in [3.05, 3.63) is 66.6 Å². The molecule has 0 aliphatic heterocycles. The van der Waals surface area contributed by atoms with Crippen LogP contribution in [0, 0.1) is 17.0 Å². The Morgan fingerprint density at radius 2 is 1.90 bits per heavy atom. The van der Waals surface area contributed by atoms with E-state index in [1.165, 1.54) is 6.07 Å². The fourth-order valence-electron chi connectivity index (χ4n) is 1.73. The minimum absolute atomic E-state index is 0.0717. The first kappa shape index (κ1) is 15.7. The zero-order valence-electron chi connectivity index (χ0n) is 10.9. The molecule has 1 N–H and O–H groups in total. The monoisotopic (exact) mass is 412 g/mol. The van der Waals surface area contributed by atoms with Crippen LogP contribution in [0.25, 0.3) is 0 Å². The molecule has 0 unspecified atom stereocenters. The van der Waals surface area contributed by atoms with Crippen molar-refractivity contribution < 1.29 is 9.72 Å². The Hall–Kier alpha value is -1.73. The number of nitro benzene ring substituents is 1. The maximum Gasteiger partial charge on any atom is 0.273 e. The van der Waals surface area contributed by atoms with E-state index in [4.69, 9.17) is 0 Å². The van der Waals surface area contributed by atoms with Gasteiger partial charge < -0.3 is 5.32 Å². The Balaban J connectivity index is 2.28. The van der Waals surface area contributed by atoms with Gasteiger partial charge in [-0.15, -0.1) is 0 Å². The van der Waals surface area contributed by atoms with Crippen LogP contribution < -0.4 is 5.32 Å². The first-order chi connectivity index (χ1) is 9.88. The molecule has 0 aromatic heterocycles. The molecule has 0 aliphatic carbocycles. The minimum atomic E-state index is -0.498. The number of amides is 1. The van der Waals surface area contributed by atoms with Crippen molar-refractivity contribution in [2.45, 2.75) is 6.92 Å². The van der Waals surface area contributed by atoms with Crippen LogP contribution >= 0.6 is 31.9 Å². The average Bonchev–Trinajstić information content (AvgIpc) is 2.42. The number of carbonyl (C=O) groups excluding carboxylic acids is 1. The normalized spacial score (nSPS) is 10.2. The summed E-state index contributed by atoms with van der Waals surface area (Å²) in [6, 6.07) is 9.71. The van der Waals surface area contributed by atoms with E-state index in [1.54, 1.807) is 37.3 Å². The van der Waals surface area contributed by atoms with Gasteiger partial charge in [0.05, 0.1) is 10.6 Å². The largest absolute Gasteiger partial charge is 0.321 e. The molecule has 0 saturated heterocycles. The lowest BCUT2D eigenvalue weighted by atomic mass is 10.1. The number of nitro groups is 1. The molecule has 0 fully saturated rings. The number of aryl methyl sites for hydroxylation is 1. The Morgan fingerprint density at radius 1 is 1.19 bits per heavy atom. The van der Waals surface area contributed by atoms with Crippen LogP contribution in [0.5, 0.6) is 0 Å². The van der Waals surface area contributed by atoms with Crippen LogP contribution in [-0.2, 0) is 0 Å². The van der Waals surface area contributed by atoms with Gasteiger partial charge in [0.25, 0.3) is 11.6 Å². The van der Waals surface area contributed by atoms with E-state index in [9.17, 15) is 14.9 Å². The molecule has 0 bridgehead atoms. The van der Waals surface area contributed by atoms with Gasteiger partial charge in [0.15, 0.2) is 0 Å². The van der Waals surface area contributed by atoms with E-state index >= 15 is 0 Å². The predicted octanol–water partition coefficient (Wildman–Crippen LogP) is 4.68. The summed E-state index contributed by atoms with van der Waals surface area (Å²) < 4.78 is 1.59. The summed E-state index contributed by atoms with van der Waals surface area (Å²) in [6.07, 6.45) is 0. The fraction of sp³-hybridized carbons (Fsp3) is 0.0714. The Morgan fingerprint density at radius 3 is 2.52 bits per heavy atom. The number of rotatable bonds is 3. The van der Waals surface area contributed by atoms with Crippen molar-refractivity contribution in [3.8, 4) is 0 Å². The molecule has 7 heteroatoms. The summed E-state index contributed by atoms with van der Waals surface area (Å²) in [7, 11) is 0. The van der Waals surface area contributed by atoms with Gasteiger partial charge >= 0.3 is 0 Å². The highest BCUT2D eigenvalue weighted by molar-refractivity contribution is 9.11. The van der Waals surface area contributed by atoms with E-state index in [-0.39, 0.29) is 11.3 Å². The number of nitrogens with one attached hydrogen (secondary N) is 1. The number of anilines is 1. The van der Waals surface area contributed by atoms with Crippen LogP contribution in [0.4, 0.5) is 11.4 Å². The number of hydrogen-bond donors (Lipinski definition) is 1. The molecule has 2 aromatic rings. The van der Waals surface area contributed by atoms with E-state index in [0.717, 1.165) is 4.47 Å². The molecule has 5 nitrogen and oxygen atoms in total. The summed E-state index contributed by atoms with van der Waals surface area (Å²) in [5, 5.41) is 13.6. The molecule has 1 amide bonds. The Kier molecular flexibility index (Phi) is 4.74. The highest BCUT2D eigenvalue weighted by Crippen LogP contribution is 2.27. The lowest BCUT2D eigenvalue weighted by molar-refractivity contribution is -0.385. The van der Waals surface area contributed by atoms with Crippen LogP contribution in [0.3, 0.4) is 0 Å². The zero-order chi connectivity index (χ0) is 15.6. The van der Waals surface area contributed by atoms with Gasteiger partial charge in [-0.1, -0.05) is 22.0 Å². The molecule has 0 radical (unpaired) electrons. The molecular weight excluding hydrogens is 404 g/mol. The number of halogens is 2. The lowest BCUT2D eigenvalue weighted by Gasteiger charge is -2.08. The summed E-state index contributed by atoms with van der Waals surface area (Å²) in [6.45, 7) is 1.63. The molecule has 0 atom stereocenters. The van der Waals surface area contributed by atoms with Gasteiger partial charge in [-0.05, 0) is 47.1 Å². The molecule has 108 valence electrons.